The van der Waals surface area contributed by atoms with Crippen molar-refractivity contribution >= 4 is 11.8 Å². The van der Waals surface area contributed by atoms with Crippen LogP contribution in [0.4, 0.5) is 10.5 Å². The third-order valence-electron chi connectivity index (χ3n) is 6.57. The molecule has 3 aliphatic rings. The van der Waals surface area contributed by atoms with Crippen LogP contribution >= 0.6 is 0 Å². The predicted molar refractivity (Wildman–Crippen MR) is 113 cm³/mol. The fourth-order valence-electron chi connectivity index (χ4n) is 4.82. The highest BCUT2D eigenvalue weighted by Crippen LogP contribution is 2.59. The molecule has 2 aliphatic heterocycles. The van der Waals surface area contributed by atoms with Crippen LogP contribution in [0.15, 0.2) is 36.4 Å². The van der Waals surface area contributed by atoms with Gasteiger partial charge in [0.2, 0.25) is 0 Å². The van der Waals surface area contributed by atoms with Gasteiger partial charge in [-0.1, -0.05) is 26.0 Å². The molecule has 9 heteroatoms. The summed E-state index contributed by atoms with van der Waals surface area (Å²) in [6.45, 7) is 6.92. The average Bonchev–Trinajstić information content (AvgIpc) is 3.65. The second-order valence-corrected chi connectivity index (χ2v) is 9.18. The van der Waals surface area contributed by atoms with E-state index in [9.17, 15) is 14.9 Å². The SMILES string of the molecule is CO[C@H]1C(C2(C)O[C@@H]2/C=C/C(C)C)[C@]2(CC[C@H]1OC(=O)Oc1ccc([N+](=O)[O-])cc1)CO2. The van der Waals surface area contributed by atoms with Crippen LogP contribution in [0.3, 0.4) is 0 Å². The fraction of sp³-hybridized carbons (Fsp3) is 0.609. The molecular formula is C23H29NO8. The lowest BCUT2D eigenvalue weighted by Crippen LogP contribution is -2.55. The standard InChI is InChI=1S/C23H29NO8/c1-14(2)5-10-18-22(3,32-18)20-19(28-4)17(11-12-23(20)13-29-23)31-21(25)30-16-8-6-15(7-9-16)24(26)27/h5-10,14,17-20H,11-13H2,1-4H3/b10-5+/t17-,18-,19-,20?,22?,23+/m1/s1. The van der Waals surface area contributed by atoms with Crippen LogP contribution in [0.2, 0.25) is 0 Å². The third-order valence-corrected chi connectivity index (χ3v) is 6.57. The van der Waals surface area contributed by atoms with Crippen molar-refractivity contribution in [3.8, 4) is 5.75 Å². The third kappa shape index (κ3) is 4.37. The van der Waals surface area contributed by atoms with Gasteiger partial charge in [-0.05, 0) is 37.8 Å². The largest absolute Gasteiger partial charge is 0.514 e. The summed E-state index contributed by atoms with van der Waals surface area (Å²) in [6, 6.07) is 5.24. The van der Waals surface area contributed by atoms with Crippen LogP contribution in [0.25, 0.3) is 0 Å². The molecule has 1 aromatic carbocycles. The van der Waals surface area contributed by atoms with Crippen molar-refractivity contribution in [1.82, 2.24) is 0 Å². The topological polar surface area (TPSA) is 113 Å². The lowest BCUT2D eigenvalue weighted by molar-refractivity contribution is -0.384. The van der Waals surface area contributed by atoms with Crippen LogP contribution in [0.1, 0.15) is 33.6 Å². The number of hydrogen-bond donors (Lipinski definition) is 0. The van der Waals surface area contributed by atoms with E-state index in [2.05, 4.69) is 32.9 Å². The quantitative estimate of drug-likeness (QED) is 0.154. The summed E-state index contributed by atoms with van der Waals surface area (Å²) in [7, 11) is 1.60. The number of allylic oxidation sites excluding steroid dienone is 1. The molecule has 0 aromatic heterocycles. The molecule has 4 rings (SSSR count). The van der Waals surface area contributed by atoms with Gasteiger partial charge in [0.05, 0.1) is 17.4 Å². The van der Waals surface area contributed by atoms with Crippen LogP contribution in [-0.2, 0) is 18.9 Å². The second kappa shape index (κ2) is 8.46. The number of hydrogen-bond acceptors (Lipinski definition) is 8. The summed E-state index contributed by atoms with van der Waals surface area (Å²) in [5.74, 6) is 0.484. The Kier molecular flexibility index (Phi) is 6.00. The van der Waals surface area contributed by atoms with Crippen molar-refractivity contribution in [3.63, 3.8) is 0 Å². The lowest BCUT2D eigenvalue weighted by atomic mass is 9.68. The molecule has 0 radical (unpaired) electrons. The molecule has 0 N–H and O–H groups in total. The summed E-state index contributed by atoms with van der Waals surface area (Å²) < 4.78 is 28.7. The first-order valence-electron chi connectivity index (χ1n) is 10.8. The molecule has 1 saturated carbocycles. The zero-order chi connectivity index (χ0) is 23.1. The molecule has 32 heavy (non-hydrogen) atoms. The summed E-state index contributed by atoms with van der Waals surface area (Å²) in [4.78, 5) is 22.7. The van der Waals surface area contributed by atoms with Gasteiger partial charge in [-0.3, -0.25) is 10.1 Å². The zero-order valence-electron chi connectivity index (χ0n) is 18.7. The van der Waals surface area contributed by atoms with E-state index in [4.69, 9.17) is 23.7 Å². The maximum atomic E-state index is 12.4. The maximum absolute atomic E-state index is 12.4. The number of rotatable bonds is 7. The minimum atomic E-state index is -0.879. The highest BCUT2D eigenvalue weighted by molar-refractivity contribution is 5.64. The van der Waals surface area contributed by atoms with Crippen molar-refractivity contribution in [3.05, 3.63) is 46.5 Å². The Bertz CT molecular complexity index is 894. The molecule has 1 aliphatic carbocycles. The highest BCUT2D eigenvalue weighted by atomic mass is 16.7. The van der Waals surface area contributed by atoms with E-state index in [0.29, 0.717) is 18.9 Å². The zero-order valence-corrected chi connectivity index (χ0v) is 18.7. The molecule has 1 aromatic rings. The number of nitrogens with zero attached hydrogens (tertiary/aromatic N) is 1. The number of carbonyl (C=O) groups is 1. The Labute approximate surface area is 186 Å². The number of ether oxygens (including phenoxy) is 5. The second-order valence-electron chi connectivity index (χ2n) is 9.18. The van der Waals surface area contributed by atoms with Gasteiger partial charge in [-0.15, -0.1) is 0 Å². The van der Waals surface area contributed by atoms with Gasteiger partial charge in [0.1, 0.15) is 35.3 Å². The molecule has 1 spiro atoms. The minimum Gasteiger partial charge on any atom is -0.428 e. The molecule has 174 valence electrons. The maximum Gasteiger partial charge on any atom is 0.514 e. The van der Waals surface area contributed by atoms with Crippen LogP contribution in [-0.4, -0.2) is 54.3 Å². The molecule has 3 fully saturated rings. The molecule has 2 heterocycles. The van der Waals surface area contributed by atoms with Crippen molar-refractivity contribution in [1.29, 1.82) is 0 Å². The Balaban J connectivity index is 1.44. The first-order chi connectivity index (χ1) is 15.2. The van der Waals surface area contributed by atoms with Gasteiger partial charge < -0.3 is 23.7 Å². The van der Waals surface area contributed by atoms with Gasteiger partial charge in [0, 0.05) is 19.2 Å². The number of nitro benzene ring substituents is 1. The summed E-state index contributed by atoms with van der Waals surface area (Å²) in [5, 5.41) is 10.8. The molecule has 2 unspecified atom stereocenters. The van der Waals surface area contributed by atoms with Gasteiger partial charge >= 0.3 is 6.16 Å². The van der Waals surface area contributed by atoms with E-state index in [1.165, 1.54) is 24.3 Å². The first kappa shape index (κ1) is 22.7. The molecular weight excluding hydrogens is 418 g/mol. The molecule has 6 atom stereocenters. The summed E-state index contributed by atoms with van der Waals surface area (Å²) >= 11 is 0. The predicted octanol–water partition coefficient (Wildman–Crippen LogP) is 4.04. The number of carbonyl (C=O) groups excluding carboxylic acids is 1. The van der Waals surface area contributed by atoms with E-state index in [1.807, 2.05) is 0 Å². The van der Waals surface area contributed by atoms with E-state index in [-0.39, 0.29) is 29.1 Å². The van der Waals surface area contributed by atoms with Crippen LogP contribution < -0.4 is 4.74 Å². The molecule has 0 bridgehead atoms. The Morgan fingerprint density at radius 3 is 2.56 bits per heavy atom. The van der Waals surface area contributed by atoms with E-state index < -0.39 is 28.9 Å². The molecule has 2 saturated heterocycles. The summed E-state index contributed by atoms with van der Waals surface area (Å²) in [6.07, 6.45) is 3.64. The Morgan fingerprint density at radius 2 is 2.00 bits per heavy atom. The number of non-ortho nitro benzene ring substituents is 1. The van der Waals surface area contributed by atoms with Crippen molar-refractivity contribution in [2.75, 3.05) is 13.7 Å². The smallest absolute Gasteiger partial charge is 0.428 e. The van der Waals surface area contributed by atoms with E-state index in [0.717, 1.165) is 6.42 Å². The number of epoxide rings is 2. The molecule has 9 nitrogen and oxygen atoms in total. The van der Waals surface area contributed by atoms with Gasteiger partial charge in [-0.2, -0.15) is 0 Å². The first-order valence-corrected chi connectivity index (χ1v) is 10.8. The van der Waals surface area contributed by atoms with Gasteiger partial charge in [-0.25, -0.2) is 4.79 Å². The highest BCUT2D eigenvalue weighted by Gasteiger charge is 2.72. The Hall–Kier alpha value is -2.49. The monoisotopic (exact) mass is 447 g/mol. The number of methoxy groups -OCH3 is 1. The Morgan fingerprint density at radius 1 is 1.31 bits per heavy atom. The van der Waals surface area contributed by atoms with Crippen molar-refractivity contribution in [2.45, 2.75) is 63.1 Å². The summed E-state index contributed by atoms with van der Waals surface area (Å²) in [5.41, 5.74) is -0.876. The van der Waals surface area contributed by atoms with E-state index in [1.54, 1.807) is 7.11 Å². The normalized spacial score (nSPS) is 35.8. The van der Waals surface area contributed by atoms with Gasteiger partial charge in [0.15, 0.2) is 0 Å². The lowest BCUT2D eigenvalue weighted by Gasteiger charge is -2.42. The number of nitro groups is 1. The van der Waals surface area contributed by atoms with Crippen LogP contribution in [0, 0.1) is 22.0 Å². The van der Waals surface area contributed by atoms with Crippen molar-refractivity contribution < 1.29 is 33.4 Å². The van der Waals surface area contributed by atoms with Gasteiger partial charge in [0.25, 0.3) is 5.69 Å². The van der Waals surface area contributed by atoms with E-state index >= 15 is 0 Å². The number of benzene rings is 1. The fourth-order valence-corrected chi connectivity index (χ4v) is 4.82. The average molecular weight is 447 g/mol. The van der Waals surface area contributed by atoms with Crippen LogP contribution in [0.5, 0.6) is 5.75 Å². The minimum absolute atomic E-state index is 0.0422. The molecule has 0 amide bonds. The van der Waals surface area contributed by atoms with Crippen molar-refractivity contribution in [2.24, 2.45) is 11.8 Å².